The van der Waals surface area contributed by atoms with Gasteiger partial charge < -0.3 is 5.32 Å². The Balaban J connectivity index is 2.79. The molecule has 0 unspecified atom stereocenters. The van der Waals surface area contributed by atoms with Crippen LogP contribution >= 0.6 is 0 Å². The molecular weight excluding hydrogens is 274 g/mol. The first-order valence-corrected chi connectivity index (χ1v) is 6.84. The van der Waals surface area contributed by atoms with E-state index >= 15 is 0 Å². The molecule has 0 bridgehead atoms. The number of nitrogens with zero attached hydrogens (tertiary/aromatic N) is 3. The van der Waals surface area contributed by atoms with Gasteiger partial charge in [-0.1, -0.05) is 0 Å². The van der Waals surface area contributed by atoms with Crippen molar-refractivity contribution in [2.24, 2.45) is 5.14 Å². The third-order valence-corrected chi connectivity index (χ3v) is 2.98. The van der Waals surface area contributed by atoms with E-state index < -0.39 is 20.6 Å². The number of sulfonamides is 1. The molecule has 102 valence electrons. The fourth-order valence-corrected chi connectivity index (χ4v) is 1.89. The number of nitriles is 1. The third-order valence-electron chi connectivity index (χ3n) is 2.13. The molecule has 1 heterocycles. The van der Waals surface area contributed by atoms with Gasteiger partial charge in [0.2, 0.25) is 15.8 Å². The summed E-state index contributed by atoms with van der Waals surface area (Å²) >= 11 is 0. The summed E-state index contributed by atoms with van der Waals surface area (Å²) in [6, 6.07) is 2.92. The Morgan fingerprint density at radius 3 is 2.79 bits per heavy atom. The molecule has 0 saturated heterocycles. The summed E-state index contributed by atoms with van der Waals surface area (Å²) in [4.78, 5) is 13.9. The second-order valence-electron chi connectivity index (χ2n) is 3.57. The Morgan fingerprint density at radius 1 is 1.58 bits per heavy atom. The topological polar surface area (TPSA) is 152 Å². The maximum absolute atomic E-state index is 10.9. The van der Waals surface area contributed by atoms with Crippen LogP contribution in [0.25, 0.3) is 0 Å². The Kier molecular flexibility index (Phi) is 4.74. The van der Waals surface area contributed by atoms with Crippen LogP contribution in [0.5, 0.6) is 0 Å². The molecule has 0 aromatic carbocycles. The van der Waals surface area contributed by atoms with Crippen molar-refractivity contribution in [3.63, 3.8) is 0 Å². The molecule has 3 N–H and O–H groups in total. The molecule has 0 aliphatic rings. The van der Waals surface area contributed by atoms with E-state index in [0.717, 1.165) is 0 Å². The van der Waals surface area contributed by atoms with Crippen LogP contribution in [0.3, 0.4) is 0 Å². The van der Waals surface area contributed by atoms with Gasteiger partial charge in [0, 0.05) is 12.7 Å². The number of primary sulfonamides is 1. The largest absolute Gasteiger partial charge is 0.364 e. The first-order valence-electron chi connectivity index (χ1n) is 5.13. The molecule has 10 heteroatoms. The summed E-state index contributed by atoms with van der Waals surface area (Å²) in [5.41, 5.74) is -0.547. The maximum Gasteiger partial charge on any atom is 0.328 e. The van der Waals surface area contributed by atoms with Crippen LogP contribution in [-0.4, -0.2) is 30.6 Å². The third kappa shape index (κ3) is 4.49. The highest BCUT2D eigenvalue weighted by atomic mass is 32.2. The second-order valence-corrected chi connectivity index (χ2v) is 5.31. The standard InChI is InChI=1S/C9H11N5O4S/c10-6-7-2-4-13-9(8(7)14(15)16)12-3-1-5-19(11,17)18/h2,4H,1,3,5H2,(H,12,13)(H2,11,17,18). The summed E-state index contributed by atoms with van der Waals surface area (Å²) in [6.45, 7) is 0.138. The average molecular weight is 285 g/mol. The smallest absolute Gasteiger partial charge is 0.328 e. The van der Waals surface area contributed by atoms with Crippen LogP contribution in [0.4, 0.5) is 11.5 Å². The minimum atomic E-state index is -3.56. The molecule has 1 aromatic heterocycles. The first kappa shape index (κ1) is 14.8. The van der Waals surface area contributed by atoms with Crippen LogP contribution in [0, 0.1) is 21.4 Å². The normalized spacial score (nSPS) is 10.7. The number of nitrogens with two attached hydrogens (primary N) is 1. The molecule has 9 nitrogen and oxygen atoms in total. The number of nitro groups is 1. The zero-order valence-corrected chi connectivity index (χ0v) is 10.6. The van der Waals surface area contributed by atoms with Gasteiger partial charge in [-0.15, -0.1) is 0 Å². The average Bonchev–Trinajstić information content (AvgIpc) is 2.32. The molecule has 0 atom stereocenters. The van der Waals surface area contributed by atoms with E-state index in [1.807, 2.05) is 0 Å². The number of nitrogens with one attached hydrogen (secondary N) is 1. The molecule has 19 heavy (non-hydrogen) atoms. The molecule has 0 aliphatic carbocycles. The van der Waals surface area contributed by atoms with E-state index in [9.17, 15) is 18.5 Å². The summed E-state index contributed by atoms with van der Waals surface area (Å²) in [5.74, 6) is -0.315. The molecule has 0 radical (unpaired) electrons. The second kappa shape index (κ2) is 6.07. The Hall–Kier alpha value is -2.25. The van der Waals surface area contributed by atoms with Crippen LogP contribution in [0.15, 0.2) is 12.3 Å². The van der Waals surface area contributed by atoms with Gasteiger partial charge >= 0.3 is 5.69 Å². The minimum absolute atomic E-state index is 0.0709. The number of hydrogen-bond acceptors (Lipinski definition) is 7. The van der Waals surface area contributed by atoms with Gasteiger partial charge in [0.15, 0.2) is 0 Å². The summed E-state index contributed by atoms with van der Waals surface area (Å²) < 4.78 is 21.4. The van der Waals surface area contributed by atoms with Crippen LogP contribution in [0.2, 0.25) is 0 Å². The van der Waals surface area contributed by atoms with E-state index in [4.69, 9.17) is 10.4 Å². The van der Waals surface area contributed by atoms with Crippen molar-refractivity contribution >= 4 is 21.5 Å². The van der Waals surface area contributed by atoms with Crippen molar-refractivity contribution < 1.29 is 13.3 Å². The molecule has 0 aliphatic heterocycles. The van der Waals surface area contributed by atoms with Gasteiger partial charge in [0.05, 0.1) is 10.7 Å². The zero-order valence-electron chi connectivity index (χ0n) is 9.74. The van der Waals surface area contributed by atoms with Crippen LogP contribution in [-0.2, 0) is 10.0 Å². The molecule has 0 amide bonds. The summed E-state index contributed by atoms with van der Waals surface area (Å²) in [5, 5.41) is 27.1. The van der Waals surface area contributed by atoms with Crippen LogP contribution in [0.1, 0.15) is 12.0 Å². The summed E-state index contributed by atoms with van der Waals surface area (Å²) in [6.07, 6.45) is 1.43. The molecule has 0 fully saturated rings. The fourth-order valence-electron chi connectivity index (χ4n) is 1.34. The number of aromatic nitrogens is 1. The van der Waals surface area contributed by atoms with E-state index in [2.05, 4.69) is 10.3 Å². The number of pyridine rings is 1. The van der Waals surface area contributed by atoms with Gasteiger partial charge in [-0.2, -0.15) is 5.26 Å². The first-order chi connectivity index (χ1) is 8.85. The van der Waals surface area contributed by atoms with Gasteiger partial charge in [0.1, 0.15) is 11.6 Å². The van der Waals surface area contributed by atoms with E-state index in [0.29, 0.717) is 0 Å². The Labute approximate surface area is 109 Å². The predicted octanol–water partition coefficient (Wildman–Crippen LogP) is -0.0480. The fraction of sp³-hybridized carbons (Fsp3) is 0.333. The van der Waals surface area contributed by atoms with Crippen molar-refractivity contribution in [3.8, 4) is 6.07 Å². The lowest BCUT2D eigenvalue weighted by molar-refractivity contribution is -0.384. The Bertz CT molecular complexity index is 622. The molecular formula is C9H11N5O4S. The van der Waals surface area contributed by atoms with Crippen molar-refractivity contribution in [2.45, 2.75) is 6.42 Å². The molecule has 1 rings (SSSR count). The highest BCUT2D eigenvalue weighted by Gasteiger charge is 2.20. The SMILES string of the molecule is N#Cc1ccnc(NCCCS(N)(=O)=O)c1[N+](=O)[O-]. The van der Waals surface area contributed by atoms with E-state index in [1.165, 1.54) is 12.3 Å². The number of rotatable bonds is 6. The van der Waals surface area contributed by atoms with E-state index in [-0.39, 0.29) is 30.1 Å². The monoisotopic (exact) mass is 285 g/mol. The molecule has 1 aromatic rings. The zero-order chi connectivity index (χ0) is 14.5. The quantitative estimate of drug-likeness (QED) is 0.422. The van der Waals surface area contributed by atoms with Crippen molar-refractivity contribution in [3.05, 3.63) is 27.9 Å². The molecule has 0 spiro atoms. The van der Waals surface area contributed by atoms with Gasteiger partial charge in [-0.3, -0.25) is 10.1 Å². The van der Waals surface area contributed by atoms with Gasteiger partial charge in [-0.05, 0) is 12.5 Å². The summed E-state index contributed by atoms with van der Waals surface area (Å²) in [7, 11) is -3.56. The predicted molar refractivity (Wildman–Crippen MR) is 66.7 cm³/mol. The highest BCUT2D eigenvalue weighted by molar-refractivity contribution is 7.89. The van der Waals surface area contributed by atoms with Crippen LogP contribution < -0.4 is 10.5 Å². The van der Waals surface area contributed by atoms with Gasteiger partial charge in [-0.25, -0.2) is 18.5 Å². The van der Waals surface area contributed by atoms with Crippen molar-refractivity contribution in [1.29, 1.82) is 5.26 Å². The van der Waals surface area contributed by atoms with Crippen molar-refractivity contribution in [2.75, 3.05) is 17.6 Å². The lowest BCUT2D eigenvalue weighted by Crippen LogP contribution is -2.19. The minimum Gasteiger partial charge on any atom is -0.364 e. The maximum atomic E-state index is 10.9. The number of hydrogen-bond donors (Lipinski definition) is 2. The van der Waals surface area contributed by atoms with Crippen molar-refractivity contribution in [1.82, 2.24) is 4.98 Å². The lowest BCUT2D eigenvalue weighted by atomic mass is 10.2. The van der Waals surface area contributed by atoms with E-state index in [1.54, 1.807) is 6.07 Å². The molecule has 0 saturated carbocycles. The number of anilines is 1. The Morgan fingerprint density at radius 2 is 2.26 bits per heavy atom. The highest BCUT2D eigenvalue weighted by Crippen LogP contribution is 2.25. The van der Waals surface area contributed by atoms with Gasteiger partial charge in [0.25, 0.3) is 0 Å². The lowest BCUT2D eigenvalue weighted by Gasteiger charge is -2.06.